The highest BCUT2D eigenvalue weighted by atomic mass is 35.5. The molecule has 1 aromatic heterocycles. The van der Waals surface area contributed by atoms with Crippen molar-refractivity contribution in [2.75, 3.05) is 24.6 Å². The van der Waals surface area contributed by atoms with Gasteiger partial charge in [0.05, 0.1) is 25.0 Å². The average molecular weight is 278 g/mol. The highest BCUT2D eigenvalue weighted by Crippen LogP contribution is 2.26. The number of aliphatic hydroxyl groups excluding tert-OH is 1. The largest absolute Gasteiger partial charge is 0.394 e. The van der Waals surface area contributed by atoms with E-state index in [2.05, 4.69) is 9.97 Å². The maximum Gasteiger partial charge on any atom is 0.224 e. The van der Waals surface area contributed by atoms with Crippen molar-refractivity contribution < 1.29 is 9.84 Å². The molecular formula is C10H13Cl2N3O2. The number of hydrogen-bond donors (Lipinski definition) is 1. The van der Waals surface area contributed by atoms with Crippen molar-refractivity contribution in [1.82, 2.24) is 9.97 Å². The van der Waals surface area contributed by atoms with Crippen LogP contribution in [0, 0.1) is 0 Å². The lowest BCUT2D eigenvalue weighted by molar-refractivity contribution is -0.0423. The second-order valence-corrected chi connectivity index (χ2v) is 4.71. The highest BCUT2D eigenvalue weighted by Gasteiger charge is 2.27. The summed E-state index contributed by atoms with van der Waals surface area (Å²) in [7, 11) is 0. The van der Waals surface area contributed by atoms with Gasteiger partial charge in [0, 0.05) is 13.1 Å². The lowest BCUT2D eigenvalue weighted by atomic mass is 10.2. The molecule has 0 amide bonds. The van der Waals surface area contributed by atoms with E-state index in [-0.39, 0.29) is 24.1 Å². The van der Waals surface area contributed by atoms with Gasteiger partial charge in [-0.1, -0.05) is 11.6 Å². The Morgan fingerprint density at radius 2 is 2.29 bits per heavy atom. The molecule has 2 rings (SSSR count). The van der Waals surface area contributed by atoms with Gasteiger partial charge in [-0.3, -0.25) is 0 Å². The van der Waals surface area contributed by atoms with Crippen LogP contribution in [0.25, 0.3) is 0 Å². The molecule has 0 saturated carbocycles. The monoisotopic (exact) mass is 277 g/mol. The van der Waals surface area contributed by atoms with Gasteiger partial charge in [-0.25, -0.2) is 4.98 Å². The molecule has 1 aromatic rings. The molecule has 1 aliphatic rings. The van der Waals surface area contributed by atoms with E-state index in [4.69, 9.17) is 33.0 Å². The average Bonchev–Trinajstić information content (AvgIpc) is 2.31. The minimum atomic E-state index is -0.233. The molecule has 2 unspecified atom stereocenters. The molecule has 1 saturated heterocycles. The lowest BCUT2D eigenvalue weighted by Gasteiger charge is -2.37. The summed E-state index contributed by atoms with van der Waals surface area (Å²) in [6.45, 7) is 3.10. The van der Waals surface area contributed by atoms with Gasteiger partial charge >= 0.3 is 0 Å². The standard InChI is InChI=1S/C10H13Cl2N3O2/c1-6-3-15(4-7(5-16)17-6)9-8(11)2-13-10(12)14-9/h2,6-7,16H,3-5H2,1H3. The number of nitrogens with zero attached hydrogens (tertiary/aromatic N) is 3. The Morgan fingerprint density at radius 1 is 1.53 bits per heavy atom. The van der Waals surface area contributed by atoms with Gasteiger partial charge in [0.25, 0.3) is 0 Å². The number of hydrogen-bond acceptors (Lipinski definition) is 5. The Labute approximate surface area is 109 Å². The van der Waals surface area contributed by atoms with Crippen molar-refractivity contribution in [2.45, 2.75) is 19.1 Å². The fourth-order valence-corrected chi connectivity index (χ4v) is 2.22. The van der Waals surface area contributed by atoms with E-state index in [0.29, 0.717) is 23.9 Å². The maximum atomic E-state index is 9.15. The fraction of sp³-hybridized carbons (Fsp3) is 0.600. The zero-order chi connectivity index (χ0) is 12.4. The van der Waals surface area contributed by atoms with Crippen LogP contribution in [0.4, 0.5) is 5.82 Å². The van der Waals surface area contributed by atoms with Crippen LogP contribution in [-0.2, 0) is 4.74 Å². The van der Waals surface area contributed by atoms with Crippen LogP contribution in [0.2, 0.25) is 10.3 Å². The molecule has 2 heterocycles. The summed E-state index contributed by atoms with van der Waals surface area (Å²) in [5, 5.41) is 9.76. The molecule has 1 fully saturated rings. The maximum absolute atomic E-state index is 9.15. The molecule has 5 nitrogen and oxygen atoms in total. The van der Waals surface area contributed by atoms with Crippen LogP contribution in [-0.4, -0.2) is 47.0 Å². The first-order valence-corrected chi connectivity index (χ1v) is 6.05. The first-order valence-electron chi connectivity index (χ1n) is 5.29. The number of morpholine rings is 1. The predicted molar refractivity (Wildman–Crippen MR) is 65.7 cm³/mol. The van der Waals surface area contributed by atoms with Crippen LogP contribution in [0.1, 0.15) is 6.92 Å². The van der Waals surface area contributed by atoms with Crippen LogP contribution in [0.5, 0.6) is 0 Å². The van der Waals surface area contributed by atoms with Crippen LogP contribution in [0.15, 0.2) is 6.20 Å². The molecule has 0 aromatic carbocycles. The first kappa shape index (κ1) is 12.8. The molecule has 1 N–H and O–H groups in total. The third kappa shape index (κ3) is 2.98. The van der Waals surface area contributed by atoms with E-state index in [1.54, 1.807) is 0 Å². The lowest BCUT2D eigenvalue weighted by Crippen LogP contribution is -2.48. The van der Waals surface area contributed by atoms with Crippen LogP contribution in [0.3, 0.4) is 0 Å². The predicted octanol–water partition coefficient (Wildman–Crippen LogP) is 1.37. The minimum Gasteiger partial charge on any atom is -0.394 e. The second-order valence-electron chi connectivity index (χ2n) is 3.97. The normalized spacial score (nSPS) is 25.1. The van der Waals surface area contributed by atoms with E-state index in [1.165, 1.54) is 6.20 Å². The topological polar surface area (TPSA) is 58.5 Å². The Kier molecular flexibility index (Phi) is 4.04. The van der Waals surface area contributed by atoms with E-state index in [1.807, 2.05) is 11.8 Å². The number of aliphatic hydroxyl groups is 1. The summed E-state index contributed by atoms with van der Waals surface area (Å²) in [5.74, 6) is 0.584. The molecule has 17 heavy (non-hydrogen) atoms. The molecule has 0 radical (unpaired) electrons. The second kappa shape index (κ2) is 5.35. The summed E-state index contributed by atoms with van der Waals surface area (Å²) in [4.78, 5) is 9.87. The summed E-state index contributed by atoms with van der Waals surface area (Å²) in [5.41, 5.74) is 0. The van der Waals surface area contributed by atoms with E-state index < -0.39 is 0 Å². The fourth-order valence-electron chi connectivity index (χ4n) is 1.88. The van der Waals surface area contributed by atoms with Gasteiger partial charge < -0.3 is 14.7 Å². The molecule has 2 atom stereocenters. The van der Waals surface area contributed by atoms with Crippen molar-refractivity contribution >= 4 is 29.0 Å². The Balaban J connectivity index is 2.23. The number of anilines is 1. The van der Waals surface area contributed by atoms with Gasteiger partial charge in [0.15, 0.2) is 5.82 Å². The van der Waals surface area contributed by atoms with Crippen molar-refractivity contribution in [2.24, 2.45) is 0 Å². The van der Waals surface area contributed by atoms with Crippen LogP contribution >= 0.6 is 23.2 Å². The number of halogens is 2. The molecule has 0 aliphatic carbocycles. The quantitative estimate of drug-likeness (QED) is 0.828. The van der Waals surface area contributed by atoms with Gasteiger partial charge in [0.2, 0.25) is 5.28 Å². The Bertz CT molecular complexity index is 405. The van der Waals surface area contributed by atoms with Gasteiger partial charge in [-0.2, -0.15) is 4.98 Å². The summed E-state index contributed by atoms with van der Waals surface area (Å²) >= 11 is 11.8. The summed E-state index contributed by atoms with van der Waals surface area (Å²) < 4.78 is 5.55. The van der Waals surface area contributed by atoms with E-state index in [9.17, 15) is 0 Å². The zero-order valence-electron chi connectivity index (χ0n) is 9.31. The molecule has 94 valence electrons. The van der Waals surface area contributed by atoms with Gasteiger partial charge in [-0.15, -0.1) is 0 Å². The third-order valence-electron chi connectivity index (χ3n) is 2.53. The summed E-state index contributed by atoms with van der Waals surface area (Å²) in [6.07, 6.45) is 1.24. The summed E-state index contributed by atoms with van der Waals surface area (Å²) in [6, 6.07) is 0. The van der Waals surface area contributed by atoms with Gasteiger partial charge in [-0.05, 0) is 18.5 Å². The molecule has 0 bridgehead atoms. The van der Waals surface area contributed by atoms with Crippen molar-refractivity contribution in [1.29, 1.82) is 0 Å². The number of rotatable bonds is 2. The zero-order valence-corrected chi connectivity index (χ0v) is 10.8. The van der Waals surface area contributed by atoms with Crippen molar-refractivity contribution in [3.05, 3.63) is 16.5 Å². The van der Waals surface area contributed by atoms with Crippen molar-refractivity contribution in [3.63, 3.8) is 0 Å². The SMILES string of the molecule is CC1CN(c2nc(Cl)ncc2Cl)CC(CO)O1. The van der Waals surface area contributed by atoms with Crippen molar-refractivity contribution in [3.8, 4) is 0 Å². The molecule has 0 spiro atoms. The minimum absolute atomic E-state index is 0.00528. The number of aromatic nitrogens is 2. The van der Waals surface area contributed by atoms with Crippen LogP contribution < -0.4 is 4.90 Å². The van der Waals surface area contributed by atoms with Gasteiger partial charge in [0.1, 0.15) is 5.02 Å². The molecule has 7 heteroatoms. The highest BCUT2D eigenvalue weighted by molar-refractivity contribution is 6.33. The first-order chi connectivity index (χ1) is 8.10. The Hall–Kier alpha value is -0.620. The molecular weight excluding hydrogens is 265 g/mol. The van der Waals surface area contributed by atoms with E-state index in [0.717, 1.165) is 0 Å². The molecule has 1 aliphatic heterocycles. The number of ether oxygens (including phenoxy) is 1. The Morgan fingerprint density at radius 3 is 3.00 bits per heavy atom. The van der Waals surface area contributed by atoms with E-state index >= 15 is 0 Å². The smallest absolute Gasteiger partial charge is 0.224 e. The third-order valence-corrected chi connectivity index (χ3v) is 2.97.